The third-order valence-electron chi connectivity index (χ3n) is 3.44. The average Bonchev–Trinajstić information content (AvgIpc) is 2.36. The number of amides is 1. The van der Waals surface area contributed by atoms with Gasteiger partial charge in [0.1, 0.15) is 5.41 Å². The van der Waals surface area contributed by atoms with Crippen LogP contribution in [0.2, 0.25) is 0 Å². The molecule has 1 amide bonds. The van der Waals surface area contributed by atoms with Crippen LogP contribution in [-0.2, 0) is 16.0 Å². The Bertz CT molecular complexity index is 395. The monoisotopic (exact) mass is 249 g/mol. The van der Waals surface area contributed by atoms with Gasteiger partial charge in [-0.25, -0.2) is 0 Å². The number of rotatable bonds is 5. The van der Waals surface area contributed by atoms with Crippen molar-refractivity contribution < 1.29 is 14.6 Å². The van der Waals surface area contributed by atoms with E-state index in [1.807, 2.05) is 30.3 Å². The molecule has 1 aliphatic heterocycles. The highest BCUT2D eigenvalue weighted by atomic mass is 16.5. The smallest absolute Gasteiger partial charge is 0.235 e. The number of carbonyl (C=O) groups is 1. The van der Waals surface area contributed by atoms with Gasteiger partial charge in [-0.05, 0) is 12.0 Å². The normalized spacial score (nSPS) is 17.0. The van der Waals surface area contributed by atoms with Crippen molar-refractivity contribution in [3.8, 4) is 0 Å². The van der Waals surface area contributed by atoms with Crippen LogP contribution in [0.1, 0.15) is 5.56 Å². The second kappa shape index (κ2) is 5.50. The summed E-state index contributed by atoms with van der Waals surface area (Å²) >= 11 is 0. The average molecular weight is 249 g/mol. The van der Waals surface area contributed by atoms with E-state index in [0.717, 1.165) is 6.42 Å². The zero-order chi connectivity index (χ0) is 13.0. The Labute approximate surface area is 107 Å². The van der Waals surface area contributed by atoms with E-state index in [2.05, 4.69) is 0 Å². The van der Waals surface area contributed by atoms with Crippen molar-refractivity contribution in [1.29, 1.82) is 0 Å². The molecule has 1 aliphatic rings. The summed E-state index contributed by atoms with van der Waals surface area (Å²) in [6.07, 6.45) is 0.825. The first-order valence-corrected chi connectivity index (χ1v) is 6.16. The van der Waals surface area contributed by atoms with Crippen LogP contribution in [0.5, 0.6) is 0 Å². The molecule has 1 aromatic rings. The number of nitrogens with zero attached hydrogens (tertiary/aromatic N) is 1. The molecule has 0 saturated carbocycles. The Balaban J connectivity index is 1.88. The minimum absolute atomic E-state index is 0.0211. The Morgan fingerprint density at radius 2 is 2.06 bits per heavy atom. The number of hydrogen-bond donors (Lipinski definition) is 1. The topological polar surface area (TPSA) is 49.8 Å². The van der Waals surface area contributed by atoms with E-state index in [-0.39, 0.29) is 12.5 Å². The van der Waals surface area contributed by atoms with Gasteiger partial charge in [0.25, 0.3) is 0 Å². The zero-order valence-electron chi connectivity index (χ0n) is 10.6. The summed E-state index contributed by atoms with van der Waals surface area (Å²) in [5.41, 5.74) is 0.519. The molecular formula is C14H19NO3. The SMILES string of the molecule is CN(CCc1ccccc1)C(=O)C1(CO)COC1. The highest BCUT2D eigenvalue weighted by Crippen LogP contribution is 2.28. The van der Waals surface area contributed by atoms with Crippen LogP contribution >= 0.6 is 0 Å². The van der Waals surface area contributed by atoms with Crippen molar-refractivity contribution in [3.05, 3.63) is 35.9 Å². The second-order valence-electron chi connectivity index (χ2n) is 4.89. The third-order valence-corrected chi connectivity index (χ3v) is 3.44. The van der Waals surface area contributed by atoms with Gasteiger partial charge >= 0.3 is 0 Å². The quantitative estimate of drug-likeness (QED) is 0.835. The Kier molecular flexibility index (Phi) is 3.99. The Hall–Kier alpha value is -1.39. The standard InChI is InChI=1S/C14H19NO3/c1-15(8-7-12-5-3-2-4-6-12)13(17)14(9-16)10-18-11-14/h2-6,16H,7-11H2,1H3. The lowest BCUT2D eigenvalue weighted by Gasteiger charge is -2.40. The third kappa shape index (κ3) is 2.54. The summed E-state index contributed by atoms with van der Waals surface area (Å²) in [6.45, 7) is 1.18. The molecule has 0 bridgehead atoms. The molecule has 4 heteroatoms. The molecule has 2 rings (SSSR count). The van der Waals surface area contributed by atoms with Gasteiger partial charge in [0.05, 0.1) is 19.8 Å². The largest absolute Gasteiger partial charge is 0.395 e. The molecule has 0 unspecified atom stereocenters. The van der Waals surface area contributed by atoms with Crippen molar-refractivity contribution in [2.45, 2.75) is 6.42 Å². The van der Waals surface area contributed by atoms with Crippen LogP contribution < -0.4 is 0 Å². The highest BCUT2D eigenvalue weighted by Gasteiger charge is 2.46. The van der Waals surface area contributed by atoms with Gasteiger partial charge in [-0.3, -0.25) is 4.79 Å². The first kappa shape index (κ1) is 13.1. The molecule has 1 N–H and O–H groups in total. The Morgan fingerprint density at radius 1 is 1.39 bits per heavy atom. The van der Waals surface area contributed by atoms with Gasteiger partial charge in [0.15, 0.2) is 0 Å². The fourth-order valence-electron chi connectivity index (χ4n) is 2.08. The minimum Gasteiger partial charge on any atom is -0.395 e. The van der Waals surface area contributed by atoms with Crippen LogP contribution in [0.4, 0.5) is 0 Å². The first-order chi connectivity index (χ1) is 8.68. The van der Waals surface area contributed by atoms with Gasteiger partial charge < -0.3 is 14.7 Å². The van der Waals surface area contributed by atoms with Crippen LogP contribution in [0.25, 0.3) is 0 Å². The summed E-state index contributed by atoms with van der Waals surface area (Å²) in [5, 5.41) is 9.31. The van der Waals surface area contributed by atoms with Gasteiger partial charge in [0.2, 0.25) is 5.91 Å². The van der Waals surface area contributed by atoms with Crippen molar-refractivity contribution in [3.63, 3.8) is 0 Å². The second-order valence-corrected chi connectivity index (χ2v) is 4.89. The summed E-state index contributed by atoms with van der Waals surface area (Å²) in [4.78, 5) is 13.9. The minimum atomic E-state index is -0.689. The lowest BCUT2D eigenvalue weighted by atomic mass is 9.85. The van der Waals surface area contributed by atoms with E-state index < -0.39 is 5.41 Å². The summed E-state index contributed by atoms with van der Waals surface area (Å²) in [5.74, 6) is -0.0211. The molecule has 0 aliphatic carbocycles. The number of hydrogen-bond acceptors (Lipinski definition) is 3. The van der Waals surface area contributed by atoms with E-state index in [1.54, 1.807) is 11.9 Å². The predicted molar refractivity (Wildman–Crippen MR) is 68.1 cm³/mol. The number of likely N-dealkylation sites (N-methyl/N-ethyl adjacent to an activating group) is 1. The number of benzene rings is 1. The van der Waals surface area contributed by atoms with Gasteiger partial charge in [-0.2, -0.15) is 0 Å². The van der Waals surface area contributed by atoms with Gasteiger partial charge in [-0.15, -0.1) is 0 Å². The van der Waals surface area contributed by atoms with Gasteiger partial charge in [-0.1, -0.05) is 30.3 Å². The molecule has 18 heavy (non-hydrogen) atoms. The molecule has 1 aromatic carbocycles. The molecular weight excluding hydrogens is 230 g/mol. The zero-order valence-corrected chi connectivity index (χ0v) is 10.6. The molecule has 1 heterocycles. The summed E-state index contributed by atoms with van der Waals surface area (Å²) < 4.78 is 5.06. The van der Waals surface area contributed by atoms with E-state index in [1.165, 1.54) is 5.56 Å². The maximum Gasteiger partial charge on any atom is 0.235 e. The number of aliphatic hydroxyl groups is 1. The fourth-order valence-corrected chi connectivity index (χ4v) is 2.08. The molecule has 0 radical (unpaired) electrons. The maximum atomic E-state index is 12.2. The molecule has 0 atom stereocenters. The van der Waals surface area contributed by atoms with E-state index in [9.17, 15) is 9.90 Å². The molecule has 4 nitrogen and oxygen atoms in total. The van der Waals surface area contributed by atoms with E-state index in [0.29, 0.717) is 19.8 Å². The fraction of sp³-hybridized carbons (Fsp3) is 0.500. The highest BCUT2D eigenvalue weighted by molar-refractivity contribution is 5.83. The summed E-state index contributed by atoms with van der Waals surface area (Å²) in [6, 6.07) is 10.1. The van der Waals surface area contributed by atoms with Crippen molar-refractivity contribution >= 4 is 5.91 Å². The number of aliphatic hydroxyl groups excluding tert-OH is 1. The predicted octanol–water partition coefficient (Wildman–Crippen LogP) is 0.696. The molecule has 1 saturated heterocycles. The lowest BCUT2D eigenvalue weighted by molar-refractivity contribution is -0.179. The number of ether oxygens (including phenoxy) is 1. The molecule has 98 valence electrons. The Morgan fingerprint density at radius 3 is 2.56 bits per heavy atom. The van der Waals surface area contributed by atoms with Crippen LogP contribution in [-0.4, -0.2) is 49.3 Å². The summed E-state index contributed by atoms with van der Waals surface area (Å²) in [7, 11) is 1.78. The van der Waals surface area contributed by atoms with Crippen molar-refractivity contribution in [2.24, 2.45) is 5.41 Å². The molecule has 0 spiro atoms. The first-order valence-electron chi connectivity index (χ1n) is 6.16. The van der Waals surface area contributed by atoms with Crippen LogP contribution in [0, 0.1) is 5.41 Å². The van der Waals surface area contributed by atoms with E-state index >= 15 is 0 Å². The van der Waals surface area contributed by atoms with Crippen molar-refractivity contribution in [1.82, 2.24) is 4.90 Å². The van der Waals surface area contributed by atoms with Crippen LogP contribution in [0.15, 0.2) is 30.3 Å². The van der Waals surface area contributed by atoms with Crippen LogP contribution in [0.3, 0.4) is 0 Å². The maximum absolute atomic E-state index is 12.2. The van der Waals surface area contributed by atoms with E-state index in [4.69, 9.17) is 4.74 Å². The number of carbonyl (C=O) groups excluding carboxylic acids is 1. The molecule has 0 aromatic heterocycles. The lowest BCUT2D eigenvalue weighted by Crippen LogP contribution is -2.56. The van der Waals surface area contributed by atoms with Crippen molar-refractivity contribution in [2.75, 3.05) is 33.4 Å². The van der Waals surface area contributed by atoms with Gasteiger partial charge in [0, 0.05) is 13.6 Å². The molecule has 1 fully saturated rings.